The van der Waals surface area contributed by atoms with Gasteiger partial charge in [0.25, 0.3) is 0 Å². The second-order valence-corrected chi connectivity index (χ2v) is 5.28. The summed E-state index contributed by atoms with van der Waals surface area (Å²) in [7, 11) is 0. The highest BCUT2D eigenvalue weighted by molar-refractivity contribution is 7.99. The van der Waals surface area contributed by atoms with Crippen LogP contribution in [0.3, 0.4) is 0 Å². The summed E-state index contributed by atoms with van der Waals surface area (Å²) in [5.41, 5.74) is 0. The monoisotopic (exact) mass is 203 g/mol. The molecule has 0 aromatic carbocycles. The number of rotatable bonds is 8. The van der Waals surface area contributed by atoms with Gasteiger partial charge in [0.15, 0.2) is 0 Å². The van der Waals surface area contributed by atoms with E-state index in [1.807, 2.05) is 0 Å². The third-order valence-electron chi connectivity index (χ3n) is 2.27. The van der Waals surface area contributed by atoms with E-state index in [0.29, 0.717) is 6.04 Å². The molecule has 2 heteroatoms. The second-order valence-electron chi connectivity index (χ2n) is 3.73. The third-order valence-corrected chi connectivity index (χ3v) is 3.64. The second kappa shape index (κ2) is 8.89. The lowest BCUT2D eigenvalue weighted by Gasteiger charge is -2.14. The number of hydrogen-bond donors (Lipinski definition) is 1. The molecular weight excluding hydrogens is 178 g/mol. The van der Waals surface area contributed by atoms with Crippen molar-refractivity contribution in [2.45, 2.75) is 58.2 Å². The van der Waals surface area contributed by atoms with Crippen molar-refractivity contribution < 1.29 is 0 Å². The smallest absolute Gasteiger partial charge is 0.00465 e. The van der Waals surface area contributed by atoms with Gasteiger partial charge in [0.1, 0.15) is 0 Å². The predicted molar refractivity (Wildman–Crippen MR) is 64.6 cm³/mol. The summed E-state index contributed by atoms with van der Waals surface area (Å²) < 4.78 is 0. The number of thioether (sulfide) groups is 1. The van der Waals surface area contributed by atoms with Gasteiger partial charge >= 0.3 is 0 Å². The highest BCUT2D eigenvalue weighted by Gasteiger charge is 2.02. The molecule has 0 spiro atoms. The molecule has 0 bridgehead atoms. The molecule has 2 atom stereocenters. The summed E-state index contributed by atoms with van der Waals surface area (Å²) in [5.74, 6) is 1.30. The number of hydrogen-bond acceptors (Lipinski definition) is 2. The Labute approximate surface area is 88.1 Å². The zero-order chi connectivity index (χ0) is 10.1. The summed E-state index contributed by atoms with van der Waals surface area (Å²) in [6.45, 7) is 10.2. The van der Waals surface area contributed by atoms with Gasteiger partial charge in [-0.15, -0.1) is 0 Å². The molecule has 0 aromatic rings. The van der Waals surface area contributed by atoms with E-state index >= 15 is 0 Å². The summed E-state index contributed by atoms with van der Waals surface area (Å²) in [6.07, 6.45) is 3.83. The summed E-state index contributed by atoms with van der Waals surface area (Å²) in [5, 5.41) is 4.34. The standard InChI is InChI=1S/C11H25NS/c1-5-8-12-10(3)7-9-13-11(4)6-2/h10-12H,5-9H2,1-4H3. The Kier molecular flexibility index (Phi) is 9.10. The van der Waals surface area contributed by atoms with Gasteiger partial charge in [-0.1, -0.05) is 20.8 Å². The average Bonchev–Trinajstić information content (AvgIpc) is 2.14. The van der Waals surface area contributed by atoms with Crippen LogP contribution in [-0.2, 0) is 0 Å². The Morgan fingerprint density at radius 3 is 2.46 bits per heavy atom. The van der Waals surface area contributed by atoms with Crippen LogP contribution in [0.4, 0.5) is 0 Å². The Hall–Kier alpha value is 0.310. The fraction of sp³-hybridized carbons (Fsp3) is 1.00. The van der Waals surface area contributed by atoms with E-state index in [1.165, 1.54) is 25.0 Å². The van der Waals surface area contributed by atoms with Crippen molar-refractivity contribution >= 4 is 11.8 Å². The molecule has 0 aliphatic rings. The van der Waals surface area contributed by atoms with Crippen molar-refractivity contribution in [1.82, 2.24) is 5.32 Å². The molecule has 0 amide bonds. The van der Waals surface area contributed by atoms with Crippen LogP contribution in [0.25, 0.3) is 0 Å². The molecule has 80 valence electrons. The molecule has 0 rings (SSSR count). The van der Waals surface area contributed by atoms with Crippen LogP contribution < -0.4 is 5.32 Å². The maximum absolute atomic E-state index is 3.51. The van der Waals surface area contributed by atoms with Gasteiger partial charge in [-0.3, -0.25) is 0 Å². The first kappa shape index (κ1) is 13.3. The van der Waals surface area contributed by atoms with E-state index in [-0.39, 0.29) is 0 Å². The topological polar surface area (TPSA) is 12.0 Å². The normalized spacial score (nSPS) is 15.7. The minimum absolute atomic E-state index is 0.691. The molecule has 1 N–H and O–H groups in total. The molecule has 13 heavy (non-hydrogen) atoms. The van der Waals surface area contributed by atoms with Crippen LogP contribution in [0.2, 0.25) is 0 Å². The fourth-order valence-electron chi connectivity index (χ4n) is 1.06. The van der Waals surface area contributed by atoms with Gasteiger partial charge in [0.2, 0.25) is 0 Å². The van der Waals surface area contributed by atoms with Crippen LogP contribution in [0.15, 0.2) is 0 Å². The van der Waals surface area contributed by atoms with Crippen molar-refractivity contribution in [3.05, 3.63) is 0 Å². The molecule has 0 radical (unpaired) electrons. The molecule has 0 saturated heterocycles. The van der Waals surface area contributed by atoms with Crippen LogP contribution in [0.1, 0.15) is 47.0 Å². The van der Waals surface area contributed by atoms with E-state index in [9.17, 15) is 0 Å². The van der Waals surface area contributed by atoms with Crippen molar-refractivity contribution in [3.63, 3.8) is 0 Å². The lowest BCUT2D eigenvalue weighted by Crippen LogP contribution is -2.27. The van der Waals surface area contributed by atoms with E-state index in [2.05, 4.69) is 44.8 Å². The van der Waals surface area contributed by atoms with E-state index in [4.69, 9.17) is 0 Å². The molecule has 1 nitrogen and oxygen atoms in total. The maximum atomic E-state index is 3.51. The molecule has 0 fully saturated rings. The predicted octanol–water partition coefficient (Wildman–Crippen LogP) is 3.30. The summed E-state index contributed by atoms with van der Waals surface area (Å²) in [4.78, 5) is 0. The molecule has 0 aliphatic carbocycles. The minimum Gasteiger partial charge on any atom is -0.314 e. The summed E-state index contributed by atoms with van der Waals surface area (Å²) in [6, 6.07) is 0.691. The fourth-order valence-corrected chi connectivity index (χ4v) is 2.18. The zero-order valence-electron chi connectivity index (χ0n) is 9.60. The van der Waals surface area contributed by atoms with Gasteiger partial charge in [0.05, 0.1) is 0 Å². The van der Waals surface area contributed by atoms with Gasteiger partial charge < -0.3 is 5.32 Å². The van der Waals surface area contributed by atoms with Crippen LogP contribution in [-0.4, -0.2) is 23.6 Å². The third kappa shape index (κ3) is 8.63. The van der Waals surface area contributed by atoms with E-state index in [0.717, 1.165) is 11.8 Å². The number of nitrogens with one attached hydrogen (secondary N) is 1. The van der Waals surface area contributed by atoms with Gasteiger partial charge in [0, 0.05) is 11.3 Å². The van der Waals surface area contributed by atoms with E-state index in [1.54, 1.807) is 0 Å². The molecule has 0 heterocycles. The first-order valence-electron chi connectivity index (χ1n) is 5.55. The lowest BCUT2D eigenvalue weighted by molar-refractivity contribution is 0.536. The Morgan fingerprint density at radius 2 is 1.92 bits per heavy atom. The zero-order valence-corrected chi connectivity index (χ0v) is 10.4. The van der Waals surface area contributed by atoms with Crippen LogP contribution >= 0.6 is 11.8 Å². The first-order chi connectivity index (χ1) is 6.20. The lowest BCUT2D eigenvalue weighted by atomic mass is 10.2. The molecular formula is C11H25NS. The van der Waals surface area contributed by atoms with Crippen molar-refractivity contribution in [1.29, 1.82) is 0 Å². The van der Waals surface area contributed by atoms with Crippen molar-refractivity contribution in [2.75, 3.05) is 12.3 Å². The maximum Gasteiger partial charge on any atom is 0.00465 e. The quantitative estimate of drug-likeness (QED) is 0.649. The Bertz CT molecular complexity index is 106. The van der Waals surface area contributed by atoms with Crippen LogP contribution in [0, 0.1) is 0 Å². The van der Waals surface area contributed by atoms with Crippen molar-refractivity contribution in [3.8, 4) is 0 Å². The van der Waals surface area contributed by atoms with Gasteiger partial charge in [-0.2, -0.15) is 11.8 Å². The molecule has 2 unspecified atom stereocenters. The highest BCUT2D eigenvalue weighted by atomic mass is 32.2. The molecule has 0 aliphatic heterocycles. The van der Waals surface area contributed by atoms with Gasteiger partial charge in [-0.25, -0.2) is 0 Å². The first-order valence-corrected chi connectivity index (χ1v) is 6.60. The Balaban J connectivity index is 3.21. The van der Waals surface area contributed by atoms with Crippen molar-refractivity contribution in [2.24, 2.45) is 0 Å². The molecule has 0 saturated carbocycles. The molecule has 0 aromatic heterocycles. The highest BCUT2D eigenvalue weighted by Crippen LogP contribution is 2.15. The van der Waals surface area contributed by atoms with E-state index < -0.39 is 0 Å². The SMILES string of the molecule is CCCNC(C)CCSC(C)CC. The average molecular weight is 203 g/mol. The minimum atomic E-state index is 0.691. The largest absolute Gasteiger partial charge is 0.314 e. The van der Waals surface area contributed by atoms with Crippen LogP contribution in [0.5, 0.6) is 0 Å². The Morgan fingerprint density at radius 1 is 1.23 bits per heavy atom. The van der Waals surface area contributed by atoms with Gasteiger partial charge in [-0.05, 0) is 38.5 Å². The summed E-state index contributed by atoms with van der Waals surface area (Å²) >= 11 is 2.10.